The van der Waals surface area contributed by atoms with E-state index in [0.717, 1.165) is 37.2 Å². The van der Waals surface area contributed by atoms with Crippen LogP contribution in [-0.4, -0.2) is 37.1 Å². The van der Waals surface area contributed by atoms with Crippen LogP contribution in [0.3, 0.4) is 0 Å². The minimum absolute atomic E-state index is 0.0805. The van der Waals surface area contributed by atoms with Crippen molar-refractivity contribution in [1.29, 1.82) is 0 Å². The molecule has 0 spiro atoms. The molecule has 0 aromatic carbocycles. The van der Waals surface area contributed by atoms with E-state index in [1.807, 2.05) is 18.0 Å². The zero-order chi connectivity index (χ0) is 13.7. The Hall–Kier alpha value is -1.78. The van der Waals surface area contributed by atoms with Gasteiger partial charge in [0.15, 0.2) is 0 Å². The second-order valence-electron chi connectivity index (χ2n) is 5.06. The summed E-state index contributed by atoms with van der Waals surface area (Å²) in [6.07, 6.45) is 6.89. The highest BCUT2D eigenvalue weighted by atomic mass is 16.2. The zero-order valence-electron chi connectivity index (χ0n) is 11.6. The van der Waals surface area contributed by atoms with Crippen LogP contribution >= 0.6 is 0 Å². The Morgan fingerprint density at radius 3 is 2.95 bits per heavy atom. The molecule has 0 bridgehead atoms. The van der Waals surface area contributed by atoms with Gasteiger partial charge in [-0.2, -0.15) is 0 Å². The fourth-order valence-electron chi connectivity index (χ4n) is 1.81. The number of rotatable bonds is 7. The number of carbonyl (C=O) groups excluding carboxylic acids is 1. The van der Waals surface area contributed by atoms with Gasteiger partial charge in [-0.1, -0.05) is 6.92 Å². The number of amides is 1. The molecule has 1 fully saturated rings. The summed E-state index contributed by atoms with van der Waals surface area (Å²) < 4.78 is 0. The smallest absolute Gasteiger partial charge is 0.239 e. The largest absolute Gasteiger partial charge is 0.384 e. The van der Waals surface area contributed by atoms with Crippen LogP contribution in [0, 0.1) is 0 Å². The van der Waals surface area contributed by atoms with Gasteiger partial charge in [-0.05, 0) is 25.3 Å². The fraction of sp³-hybridized carbons (Fsp3) is 0.571. The van der Waals surface area contributed by atoms with Gasteiger partial charge in [-0.3, -0.25) is 9.78 Å². The molecule has 0 atom stereocenters. The number of carbonyl (C=O) groups is 1. The SMILES string of the molecule is CCCNc1cncc(N(C)CC(=O)NC2CC2)c1. The Bertz CT molecular complexity index is 431. The van der Waals surface area contributed by atoms with Gasteiger partial charge in [0.1, 0.15) is 0 Å². The van der Waals surface area contributed by atoms with E-state index in [9.17, 15) is 4.79 Å². The molecule has 1 aliphatic rings. The van der Waals surface area contributed by atoms with Crippen molar-refractivity contribution in [2.24, 2.45) is 0 Å². The zero-order valence-corrected chi connectivity index (χ0v) is 11.6. The minimum Gasteiger partial charge on any atom is -0.384 e. The highest BCUT2D eigenvalue weighted by Gasteiger charge is 2.23. The standard InChI is InChI=1S/C14H22N4O/c1-3-6-16-12-7-13(9-15-8-12)18(2)10-14(19)17-11-4-5-11/h7-9,11,16H,3-6,10H2,1-2H3,(H,17,19). The molecule has 1 saturated carbocycles. The third-order valence-electron chi connectivity index (χ3n) is 3.07. The van der Waals surface area contributed by atoms with Crippen molar-refractivity contribution >= 4 is 17.3 Å². The topological polar surface area (TPSA) is 57.3 Å². The van der Waals surface area contributed by atoms with E-state index >= 15 is 0 Å². The fourth-order valence-corrected chi connectivity index (χ4v) is 1.81. The van der Waals surface area contributed by atoms with Crippen LogP contribution in [-0.2, 0) is 4.79 Å². The predicted molar refractivity (Wildman–Crippen MR) is 77.5 cm³/mol. The molecule has 104 valence electrons. The van der Waals surface area contributed by atoms with E-state index in [1.165, 1.54) is 0 Å². The van der Waals surface area contributed by atoms with Gasteiger partial charge in [0.05, 0.1) is 30.3 Å². The van der Waals surface area contributed by atoms with Crippen molar-refractivity contribution in [1.82, 2.24) is 10.3 Å². The summed E-state index contributed by atoms with van der Waals surface area (Å²) in [5.41, 5.74) is 1.95. The van der Waals surface area contributed by atoms with Crippen molar-refractivity contribution in [3.63, 3.8) is 0 Å². The maximum Gasteiger partial charge on any atom is 0.239 e. The third kappa shape index (κ3) is 4.43. The van der Waals surface area contributed by atoms with Crippen LogP contribution in [0.25, 0.3) is 0 Å². The summed E-state index contributed by atoms with van der Waals surface area (Å²) in [6, 6.07) is 2.43. The lowest BCUT2D eigenvalue weighted by Crippen LogP contribution is -2.36. The van der Waals surface area contributed by atoms with E-state index in [1.54, 1.807) is 12.4 Å². The molecule has 1 aromatic rings. The van der Waals surface area contributed by atoms with Crippen molar-refractivity contribution in [2.45, 2.75) is 32.2 Å². The van der Waals surface area contributed by atoms with Gasteiger partial charge in [0.2, 0.25) is 5.91 Å². The lowest BCUT2D eigenvalue weighted by Gasteiger charge is -2.19. The summed E-state index contributed by atoms with van der Waals surface area (Å²) in [4.78, 5) is 17.9. The van der Waals surface area contributed by atoms with E-state index < -0.39 is 0 Å². The van der Waals surface area contributed by atoms with Crippen LogP contribution in [0.2, 0.25) is 0 Å². The molecule has 5 heteroatoms. The molecule has 0 aliphatic heterocycles. The molecule has 1 amide bonds. The molecule has 0 unspecified atom stereocenters. The molecule has 1 aromatic heterocycles. The quantitative estimate of drug-likeness (QED) is 0.784. The molecular formula is C14H22N4O. The third-order valence-corrected chi connectivity index (χ3v) is 3.07. The van der Waals surface area contributed by atoms with Crippen molar-refractivity contribution in [3.05, 3.63) is 18.5 Å². The number of likely N-dealkylation sites (N-methyl/N-ethyl adjacent to an activating group) is 1. The number of anilines is 2. The van der Waals surface area contributed by atoms with Gasteiger partial charge in [0.25, 0.3) is 0 Å². The van der Waals surface area contributed by atoms with Crippen molar-refractivity contribution in [2.75, 3.05) is 30.4 Å². The Kier molecular flexibility index (Phi) is 4.60. The number of aromatic nitrogens is 1. The molecule has 2 rings (SSSR count). The Balaban J connectivity index is 1.89. The van der Waals surface area contributed by atoms with Crippen LogP contribution in [0.15, 0.2) is 18.5 Å². The van der Waals surface area contributed by atoms with Crippen molar-refractivity contribution < 1.29 is 4.79 Å². The van der Waals surface area contributed by atoms with E-state index in [-0.39, 0.29) is 5.91 Å². The van der Waals surface area contributed by atoms with E-state index in [0.29, 0.717) is 12.6 Å². The highest BCUT2D eigenvalue weighted by Crippen LogP contribution is 2.19. The molecular weight excluding hydrogens is 240 g/mol. The maximum atomic E-state index is 11.7. The Morgan fingerprint density at radius 1 is 1.47 bits per heavy atom. The van der Waals surface area contributed by atoms with Gasteiger partial charge in [-0.25, -0.2) is 0 Å². The first kappa shape index (κ1) is 13.6. The number of hydrogen-bond acceptors (Lipinski definition) is 4. The summed E-state index contributed by atoms with van der Waals surface area (Å²) in [5, 5.41) is 6.28. The molecule has 2 N–H and O–H groups in total. The maximum absolute atomic E-state index is 11.7. The number of pyridine rings is 1. The molecule has 5 nitrogen and oxygen atoms in total. The predicted octanol–water partition coefficient (Wildman–Crippen LogP) is 1.62. The molecule has 19 heavy (non-hydrogen) atoms. The first-order valence-corrected chi connectivity index (χ1v) is 6.88. The molecule has 0 radical (unpaired) electrons. The van der Waals surface area contributed by atoms with Gasteiger partial charge in [-0.15, -0.1) is 0 Å². The number of hydrogen-bond donors (Lipinski definition) is 2. The van der Waals surface area contributed by atoms with Crippen LogP contribution in [0.4, 0.5) is 11.4 Å². The second-order valence-corrected chi connectivity index (χ2v) is 5.06. The number of nitrogens with zero attached hydrogens (tertiary/aromatic N) is 2. The first-order chi connectivity index (χ1) is 9.19. The summed E-state index contributed by atoms with van der Waals surface area (Å²) in [5.74, 6) is 0.0805. The lowest BCUT2D eigenvalue weighted by molar-refractivity contribution is -0.119. The van der Waals surface area contributed by atoms with Crippen LogP contribution in [0.5, 0.6) is 0 Å². The lowest BCUT2D eigenvalue weighted by atomic mass is 10.3. The van der Waals surface area contributed by atoms with E-state index in [4.69, 9.17) is 0 Å². The Morgan fingerprint density at radius 2 is 2.26 bits per heavy atom. The summed E-state index contributed by atoms with van der Waals surface area (Å²) in [7, 11) is 1.91. The van der Waals surface area contributed by atoms with Crippen molar-refractivity contribution in [3.8, 4) is 0 Å². The Labute approximate surface area is 114 Å². The van der Waals surface area contributed by atoms with Crippen LogP contribution < -0.4 is 15.5 Å². The molecule has 1 aliphatic carbocycles. The normalized spacial score (nSPS) is 14.0. The van der Waals surface area contributed by atoms with Gasteiger partial charge < -0.3 is 15.5 Å². The van der Waals surface area contributed by atoms with E-state index in [2.05, 4.69) is 22.5 Å². The number of nitrogens with one attached hydrogen (secondary N) is 2. The van der Waals surface area contributed by atoms with Gasteiger partial charge in [0, 0.05) is 19.6 Å². The highest BCUT2D eigenvalue weighted by molar-refractivity contribution is 5.81. The first-order valence-electron chi connectivity index (χ1n) is 6.88. The average molecular weight is 262 g/mol. The van der Waals surface area contributed by atoms with Crippen LogP contribution in [0.1, 0.15) is 26.2 Å². The molecule has 1 heterocycles. The minimum atomic E-state index is 0.0805. The monoisotopic (exact) mass is 262 g/mol. The summed E-state index contributed by atoms with van der Waals surface area (Å²) >= 11 is 0. The summed E-state index contributed by atoms with van der Waals surface area (Å²) in [6.45, 7) is 3.42. The van der Waals surface area contributed by atoms with Gasteiger partial charge >= 0.3 is 0 Å². The molecule has 0 saturated heterocycles. The average Bonchev–Trinajstić information content (AvgIpc) is 3.20. The second kappa shape index (κ2) is 6.41.